The average Bonchev–Trinajstić information content (AvgIpc) is 3.25. The van der Waals surface area contributed by atoms with Crippen molar-refractivity contribution >= 4 is 33.1 Å². The Hall–Kier alpha value is -1.84. The van der Waals surface area contributed by atoms with Crippen molar-refractivity contribution in [2.45, 2.75) is 290 Å². The van der Waals surface area contributed by atoms with E-state index in [9.17, 15) is 14.4 Å². The van der Waals surface area contributed by atoms with Crippen molar-refractivity contribution in [2.75, 3.05) is 0 Å². The van der Waals surface area contributed by atoms with Crippen molar-refractivity contribution < 1.29 is 25.7 Å². The minimum Gasteiger partial charge on any atom is -0.547 e. The molecule has 0 aromatic carbocycles. The molecular formula is C54H99AlO6. The van der Waals surface area contributed by atoms with Gasteiger partial charge in [-0.3, -0.25) is 14.4 Å². The molecule has 0 aliphatic rings. The molecule has 7 heteroatoms. The molecule has 0 bridgehead atoms. The van der Waals surface area contributed by atoms with Crippen LogP contribution in [0.3, 0.4) is 0 Å². The van der Waals surface area contributed by atoms with E-state index in [1.54, 1.807) is 18.2 Å². The van der Waals surface area contributed by atoms with Gasteiger partial charge in [0.1, 0.15) is 0 Å². The lowest BCUT2D eigenvalue weighted by Gasteiger charge is -2.10. The molecule has 0 aliphatic carbocycles. The largest absolute Gasteiger partial charge is 1.20 e. The number of carbonyl (C=O) groups excluding carboxylic acids is 3. The lowest BCUT2D eigenvalue weighted by Crippen LogP contribution is -2.33. The van der Waals surface area contributed by atoms with Crippen molar-refractivity contribution in [2.24, 2.45) is 0 Å². The van der Waals surface area contributed by atoms with Crippen LogP contribution in [0.5, 0.6) is 0 Å². The molecule has 0 atom stereocenters. The molecule has 6 nitrogen and oxygen atoms in total. The fourth-order valence-corrected chi connectivity index (χ4v) is 8.80. The summed E-state index contributed by atoms with van der Waals surface area (Å²) in [6.45, 7) is 6.80. The molecule has 0 amide bonds. The van der Waals surface area contributed by atoms with Crippen molar-refractivity contribution in [1.29, 1.82) is 0 Å². The Labute approximate surface area is 384 Å². The highest BCUT2D eigenvalue weighted by Gasteiger charge is 2.48. The van der Waals surface area contributed by atoms with Crippen LogP contribution in [0.1, 0.15) is 290 Å². The summed E-state index contributed by atoms with van der Waals surface area (Å²) in [6.07, 6.45) is 62.5. The summed E-state index contributed by atoms with van der Waals surface area (Å²) in [5, 5.41) is 0. The highest BCUT2D eigenvalue weighted by Crippen LogP contribution is 2.16. The summed E-state index contributed by atoms with van der Waals surface area (Å²) in [4.78, 5) is 38.0. The van der Waals surface area contributed by atoms with Crippen molar-refractivity contribution in [3.05, 3.63) is 36.5 Å². The fraction of sp³-hybridized carbons (Fsp3) is 0.833. The van der Waals surface area contributed by atoms with Gasteiger partial charge in [0.05, 0.1) is 0 Å². The Kier molecular flexibility index (Phi) is 49.3. The van der Waals surface area contributed by atoms with Crippen LogP contribution in [0, 0.1) is 0 Å². The number of rotatable bonds is 48. The predicted molar refractivity (Wildman–Crippen MR) is 262 cm³/mol. The second-order valence-electron chi connectivity index (χ2n) is 17.9. The third-order valence-corrected chi connectivity index (χ3v) is 13.1. The third kappa shape index (κ3) is 49.0. The van der Waals surface area contributed by atoms with Gasteiger partial charge in [0.2, 0.25) is 0 Å². The van der Waals surface area contributed by atoms with Crippen molar-refractivity contribution in [3.63, 3.8) is 0 Å². The first-order chi connectivity index (χ1) is 30.0. The summed E-state index contributed by atoms with van der Waals surface area (Å²) >= 11 is -3.39. The van der Waals surface area contributed by atoms with E-state index in [4.69, 9.17) is 11.4 Å². The van der Waals surface area contributed by atoms with E-state index in [1.807, 2.05) is 0 Å². The predicted octanol–water partition coefficient (Wildman–Crippen LogP) is 17.7. The molecule has 0 spiro atoms. The zero-order chi connectivity index (χ0) is 44.4. The first-order valence-electron chi connectivity index (χ1n) is 26.6. The zero-order valence-corrected chi connectivity index (χ0v) is 41.8. The van der Waals surface area contributed by atoms with Gasteiger partial charge >= 0.3 is 15.1 Å². The maximum Gasteiger partial charge on any atom is 1.20 e. The molecule has 0 unspecified atom stereocenters. The molecule has 0 aromatic rings. The van der Waals surface area contributed by atoms with E-state index >= 15 is 0 Å². The van der Waals surface area contributed by atoms with Crippen LogP contribution < -0.4 is 0 Å². The molecular weight excluding hydrogens is 772 g/mol. The molecule has 0 saturated heterocycles. The molecule has 61 heavy (non-hydrogen) atoms. The Morgan fingerprint density at radius 2 is 0.443 bits per heavy atom. The zero-order valence-electron chi connectivity index (χ0n) is 40.7. The fourth-order valence-electron chi connectivity index (χ4n) is 7.85. The molecule has 0 rings (SSSR count). The number of hydrogen-bond acceptors (Lipinski definition) is 6. The smallest absolute Gasteiger partial charge is 0.547 e. The minimum atomic E-state index is -3.39. The number of hydrogen-bond donors (Lipinski definition) is 0. The molecule has 0 saturated carbocycles. The maximum atomic E-state index is 12.7. The van der Waals surface area contributed by atoms with E-state index in [2.05, 4.69) is 20.8 Å². The average molecular weight is 871 g/mol. The topological polar surface area (TPSA) is 78.9 Å². The monoisotopic (exact) mass is 871 g/mol. The van der Waals surface area contributed by atoms with Gasteiger partial charge in [-0.25, -0.2) is 0 Å². The highest BCUT2D eigenvalue weighted by atomic mass is 27.3. The van der Waals surface area contributed by atoms with Gasteiger partial charge < -0.3 is 11.4 Å². The van der Waals surface area contributed by atoms with Gasteiger partial charge in [0.15, 0.2) is 0 Å². The van der Waals surface area contributed by atoms with E-state index in [-0.39, 0.29) is 0 Å². The molecule has 354 valence electrons. The number of carbonyl (C=O) groups is 3. The summed E-state index contributed by atoms with van der Waals surface area (Å²) in [5.74, 6) is -1.92. The van der Waals surface area contributed by atoms with Crippen LogP contribution in [0.4, 0.5) is 0 Å². The van der Waals surface area contributed by atoms with Crippen molar-refractivity contribution in [1.82, 2.24) is 0 Å². The van der Waals surface area contributed by atoms with E-state index in [1.165, 1.54) is 230 Å². The number of allylic oxidation sites excluding steroid dienone is 3. The van der Waals surface area contributed by atoms with Gasteiger partial charge in [-0.05, 0) is 38.5 Å². The Morgan fingerprint density at radius 3 is 0.623 bits per heavy atom. The summed E-state index contributed by atoms with van der Waals surface area (Å²) < 4.78 is 16.3. The SMILES string of the molecule is CCCCCCCCCCCCCCCC=CC(=O)[O][Al]([O]C(=O)C=CCCCCCCCCCCCCCCC)[O]C(=O)C=CCCCCCCCCCCCCCCC. The molecule has 0 aliphatic heterocycles. The first kappa shape index (κ1) is 59.2. The van der Waals surface area contributed by atoms with E-state index < -0.39 is 33.1 Å². The lowest BCUT2D eigenvalue weighted by molar-refractivity contribution is -0.141. The first-order valence-corrected chi connectivity index (χ1v) is 28.1. The van der Waals surface area contributed by atoms with Crippen LogP contribution in [-0.4, -0.2) is 33.1 Å². The van der Waals surface area contributed by atoms with Gasteiger partial charge in [-0.1, -0.05) is 270 Å². The summed E-state index contributed by atoms with van der Waals surface area (Å²) in [5.41, 5.74) is 0. The lowest BCUT2D eigenvalue weighted by atomic mass is 10.0. The van der Waals surface area contributed by atoms with Gasteiger partial charge in [-0.2, -0.15) is 0 Å². The molecule has 0 fully saturated rings. The van der Waals surface area contributed by atoms with Crippen LogP contribution >= 0.6 is 0 Å². The molecule has 0 aromatic heterocycles. The quantitative estimate of drug-likeness (QED) is 0.0344. The standard InChI is InChI=1S/3C18H34O2.Al/c3*1-2-3-4-5-6-7-8-9-10-11-12-13-14-15-16-17-18(19)20;/h3*16-17H,2-15H2,1H3,(H,19,20);/q;;;+3/p-3. The Balaban J connectivity index is 4.50. The molecule has 0 N–H and O–H groups in total. The van der Waals surface area contributed by atoms with Crippen LogP contribution in [0.25, 0.3) is 0 Å². The van der Waals surface area contributed by atoms with Crippen LogP contribution in [-0.2, 0) is 25.7 Å². The highest BCUT2D eigenvalue weighted by molar-refractivity contribution is 6.45. The van der Waals surface area contributed by atoms with Gasteiger partial charge in [0.25, 0.3) is 17.9 Å². The van der Waals surface area contributed by atoms with Gasteiger partial charge in [0, 0.05) is 18.2 Å². The normalized spacial score (nSPS) is 11.7. The van der Waals surface area contributed by atoms with E-state index in [0.717, 1.165) is 57.8 Å². The van der Waals surface area contributed by atoms with Crippen LogP contribution in [0.15, 0.2) is 36.5 Å². The van der Waals surface area contributed by atoms with Gasteiger partial charge in [-0.15, -0.1) is 0 Å². The Bertz CT molecular complexity index is 910. The summed E-state index contributed by atoms with van der Waals surface area (Å²) in [7, 11) is 0. The van der Waals surface area contributed by atoms with E-state index in [0.29, 0.717) is 0 Å². The molecule has 0 radical (unpaired) electrons. The molecule has 0 heterocycles. The minimum absolute atomic E-state index is 0.640. The second-order valence-corrected chi connectivity index (χ2v) is 19.2. The third-order valence-electron chi connectivity index (χ3n) is 11.8. The Morgan fingerprint density at radius 1 is 0.279 bits per heavy atom. The number of unbranched alkanes of at least 4 members (excludes halogenated alkanes) is 39. The van der Waals surface area contributed by atoms with Crippen molar-refractivity contribution in [3.8, 4) is 0 Å². The second kappa shape index (κ2) is 50.8. The maximum absolute atomic E-state index is 12.7. The van der Waals surface area contributed by atoms with Crippen LogP contribution in [0.2, 0.25) is 0 Å². The summed E-state index contributed by atoms with van der Waals surface area (Å²) in [6, 6.07) is 0.